The number of carbonyl (C=O) groups is 1. The molecule has 1 aromatic carbocycles. The molecule has 0 spiro atoms. The maximum atomic E-state index is 12.7. The third kappa shape index (κ3) is 4.05. The number of hydrogen-bond donors (Lipinski definition) is 2. The SMILES string of the molecule is COCC1(C(=O)N[C@H](C)c2ccc(Br)cc2)CCNCC1. The van der Waals surface area contributed by atoms with Gasteiger partial charge in [0.1, 0.15) is 0 Å². The van der Waals surface area contributed by atoms with Gasteiger partial charge in [0.15, 0.2) is 0 Å². The van der Waals surface area contributed by atoms with E-state index in [0.717, 1.165) is 36.0 Å². The van der Waals surface area contributed by atoms with Gasteiger partial charge in [0.2, 0.25) is 5.91 Å². The van der Waals surface area contributed by atoms with Crippen LogP contribution in [0.25, 0.3) is 0 Å². The molecule has 1 aromatic rings. The quantitative estimate of drug-likeness (QED) is 0.854. The molecule has 1 aliphatic rings. The van der Waals surface area contributed by atoms with Crippen LogP contribution < -0.4 is 10.6 Å². The number of amides is 1. The molecule has 0 radical (unpaired) electrons. The van der Waals surface area contributed by atoms with Gasteiger partial charge in [-0.05, 0) is 50.6 Å². The minimum absolute atomic E-state index is 0.00535. The molecule has 5 heteroatoms. The number of ether oxygens (including phenoxy) is 1. The molecule has 4 nitrogen and oxygen atoms in total. The highest BCUT2D eigenvalue weighted by Crippen LogP contribution is 2.30. The van der Waals surface area contributed by atoms with E-state index < -0.39 is 5.41 Å². The lowest BCUT2D eigenvalue weighted by atomic mass is 9.78. The van der Waals surface area contributed by atoms with Crippen LogP contribution in [0.2, 0.25) is 0 Å². The fourth-order valence-corrected chi connectivity index (χ4v) is 3.07. The van der Waals surface area contributed by atoms with Gasteiger partial charge < -0.3 is 15.4 Å². The lowest BCUT2D eigenvalue weighted by Gasteiger charge is -2.36. The van der Waals surface area contributed by atoms with Crippen LogP contribution in [0.4, 0.5) is 0 Å². The number of piperidine rings is 1. The molecule has 1 aliphatic heterocycles. The number of carbonyl (C=O) groups excluding carboxylic acids is 1. The number of halogens is 1. The fraction of sp³-hybridized carbons (Fsp3) is 0.562. The number of methoxy groups -OCH3 is 1. The molecule has 116 valence electrons. The second kappa shape index (κ2) is 7.38. The normalized spacial score (nSPS) is 19.0. The van der Waals surface area contributed by atoms with Gasteiger partial charge in [-0.2, -0.15) is 0 Å². The van der Waals surface area contributed by atoms with Gasteiger partial charge in [-0.1, -0.05) is 28.1 Å². The number of benzene rings is 1. The van der Waals surface area contributed by atoms with Crippen LogP contribution in [0, 0.1) is 5.41 Å². The molecule has 2 rings (SSSR count). The summed E-state index contributed by atoms with van der Waals surface area (Å²) in [6, 6.07) is 8.04. The van der Waals surface area contributed by atoms with Gasteiger partial charge >= 0.3 is 0 Å². The van der Waals surface area contributed by atoms with E-state index in [2.05, 4.69) is 26.6 Å². The number of hydrogen-bond acceptors (Lipinski definition) is 3. The van der Waals surface area contributed by atoms with Crippen molar-refractivity contribution in [3.8, 4) is 0 Å². The summed E-state index contributed by atoms with van der Waals surface area (Å²) in [5, 5.41) is 6.45. The van der Waals surface area contributed by atoms with E-state index in [1.54, 1.807) is 7.11 Å². The third-order valence-electron chi connectivity index (χ3n) is 4.18. The average molecular weight is 355 g/mol. The van der Waals surface area contributed by atoms with E-state index in [9.17, 15) is 4.79 Å². The van der Waals surface area contributed by atoms with Crippen LogP contribution in [0.5, 0.6) is 0 Å². The minimum atomic E-state index is -0.399. The van der Waals surface area contributed by atoms with Crippen molar-refractivity contribution in [1.82, 2.24) is 10.6 Å². The summed E-state index contributed by atoms with van der Waals surface area (Å²) in [4.78, 5) is 12.7. The van der Waals surface area contributed by atoms with Crippen LogP contribution in [0.15, 0.2) is 28.7 Å². The largest absolute Gasteiger partial charge is 0.384 e. The van der Waals surface area contributed by atoms with Gasteiger partial charge in [-0.15, -0.1) is 0 Å². The highest BCUT2D eigenvalue weighted by molar-refractivity contribution is 9.10. The minimum Gasteiger partial charge on any atom is -0.384 e. The summed E-state index contributed by atoms with van der Waals surface area (Å²) in [5.41, 5.74) is 0.705. The summed E-state index contributed by atoms with van der Waals surface area (Å²) in [7, 11) is 1.66. The molecule has 0 aromatic heterocycles. The van der Waals surface area contributed by atoms with Gasteiger partial charge in [0.25, 0.3) is 0 Å². The van der Waals surface area contributed by atoms with Crippen LogP contribution in [0.1, 0.15) is 31.4 Å². The van der Waals surface area contributed by atoms with Crippen LogP contribution in [-0.2, 0) is 9.53 Å². The Morgan fingerprint density at radius 3 is 2.57 bits per heavy atom. The first kappa shape index (κ1) is 16.5. The molecule has 0 saturated carbocycles. The van der Waals surface area contributed by atoms with E-state index in [0.29, 0.717) is 6.61 Å². The van der Waals surface area contributed by atoms with Gasteiger partial charge in [0.05, 0.1) is 18.1 Å². The fourth-order valence-electron chi connectivity index (χ4n) is 2.80. The average Bonchev–Trinajstić information content (AvgIpc) is 2.49. The third-order valence-corrected chi connectivity index (χ3v) is 4.71. The monoisotopic (exact) mass is 354 g/mol. The van der Waals surface area contributed by atoms with Crippen LogP contribution in [-0.4, -0.2) is 32.7 Å². The van der Waals surface area contributed by atoms with Crippen molar-refractivity contribution in [2.75, 3.05) is 26.8 Å². The van der Waals surface area contributed by atoms with Crippen molar-refractivity contribution in [2.45, 2.75) is 25.8 Å². The van der Waals surface area contributed by atoms with Gasteiger partial charge in [0, 0.05) is 11.6 Å². The number of rotatable bonds is 5. The van der Waals surface area contributed by atoms with E-state index in [-0.39, 0.29) is 11.9 Å². The zero-order valence-electron chi connectivity index (χ0n) is 12.6. The second-order valence-electron chi connectivity index (χ2n) is 5.71. The first-order valence-corrected chi connectivity index (χ1v) is 8.13. The molecule has 1 amide bonds. The van der Waals surface area contributed by atoms with E-state index >= 15 is 0 Å². The molecule has 21 heavy (non-hydrogen) atoms. The molecule has 1 fully saturated rings. The first-order chi connectivity index (χ1) is 10.1. The molecule has 0 bridgehead atoms. The van der Waals surface area contributed by atoms with Crippen molar-refractivity contribution in [1.29, 1.82) is 0 Å². The Kier molecular flexibility index (Phi) is 5.79. The maximum absolute atomic E-state index is 12.7. The predicted molar refractivity (Wildman–Crippen MR) is 87.1 cm³/mol. The van der Waals surface area contributed by atoms with E-state index in [1.165, 1.54) is 0 Å². The summed E-state index contributed by atoms with van der Waals surface area (Å²) in [5.74, 6) is 0.0984. The Labute approximate surface area is 134 Å². The Morgan fingerprint density at radius 1 is 1.38 bits per heavy atom. The molecular formula is C16H23BrN2O2. The molecule has 2 N–H and O–H groups in total. The predicted octanol–water partition coefficient (Wildman–Crippen LogP) is 2.64. The molecule has 1 heterocycles. The molecule has 0 unspecified atom stereocenters. The Balaban J connectivity index is 2.05. The summed E-state index contributed by atoms with van der Waals surface area (Å²) >= 11 is 3.43. The Hall–Kier alpha value is -0.910. The van der Waals surface area contributed by atoms with E-state index in [4.69, 9.17) is 4.74 Å². The molecule has 1 saturated heterocycles. The van der Waals surface area contributed by atoms with Gasteiger partial charge in [-0.3, -0.25) is 4.79 Å². The zero-order valence-corrected chi connectivity index (χ0v) is 14.2. The summed E-state index contributed by atoms with van der Waals surface area (Å²) in [6.07, 6.45) is 1.64. The highest BCUT2D eigenvalue weighted by Gasteiger charge is 2.40. The number of nitrogens with one attached hydrogen (secondary N) is 2. The smallest absolute Gasteiger partial charge is 0.229 e. The van der Waals surface area contributed by atoms with E-state index in [1.807, 2.05) is 31.2 Å². The van der Waals surface area contributed by atoms with Crippen molar-refractivity contribution in [3.63, 3.8) is 0 Å². The molecular weight excluding hydrogens is 332 g/mol. The van der Waals surface area contributed by atoms with Gasteiger partial charge in [-0.25, -0.2) is 0 Å². The lowest BCUT2D eigenvalue weighted by molar-refractivity contribution is -0.136. The maximum Gasteiger partial charge on any atom is 0.229 e. The summed E-state index contributed by atoms with van der Waals surface area (Å²) in [6.45, 7) is 4.23. The van der Waals surface area contributed by atoms with Crippen molar-refractivity contribution >= 4 is 21.8 Å². The molecule has 0 aliphatic carbocycles. The standard InChI is InChI=1S/C16H23BrN2O2/c1-12(13-3-5-14(17)6-4-13)19-15(20)16(11-21-2)7-9-18-10-8-16/h3-6,12,18H,7-11H2,1-2H3,(H,19,20)/t12-/m1/s1. The topological polar surface area (TPSA) is 50.4 Å². The van der Waals surface area contributed by atoms with Crippen molar-refractivity contribution < 1.29 is 9.53 Å². The first-order valence-electron chi connectivity index (χ1n) is 7.33. The second-order valence-corrected chi connectivity index (χ2v) is 6.63. The van der Waals surface area contributed by atoms with Crippen molar-refractivity contribution in [2.24, 2.45) is 5.41 Å². The Morgan fingerprint density at radius 2 is 2.00 bits per heavy atom. The molecule has 1 atom stereocenters. The van der Waals surface area contributed by atoms with Crippen LogP contribution >= 0.6 is 15.9 Å². The highest BCUT2D eigenvalue weighted by atomic mass is 79.9. The Bertz CT molecular complexity index is 464. The van der Waals surface area contributed by atoms with Crippen molar-refractivity contribution in [3.05, 3.63) is 34.3 Å². The lowest BCUT2D eigenvalue weighted by Crippen LogP contribution is -2.50. The zero-order chi connectivity index (χ0) is 15.3. The van der Waals surface area contributed by atoms with Crippen LogP contribution in [0.3, 0.4) is 0 Å². The summed E-state index contributed by atoms with van der Waals surface area (Å²) < 4.78 is 6.35.